The van der Waals surface area contributed by atoms with Gasteiger partial charge in [0.05, 0.1) is 6.42 Å². The number of nitrogens with zero attached hydrogens (tertiary/aromatic N) is 3. The minimum atomic E-state index is -0.360. The lowest BCUT2D eigenvalue weighted by molar-refractivity contribution is -0.125. The number of hydrogen-bond acceptors (Lipinski definition) is 5. The van der Waals surface area contributed by atoms with Crippen molar-refractivity contribution in [3.8, 4) is 0 Å². The van der Waals surface area contributed by atoms with Crippen molar-refractivity contribution in [3.63, 3.8) is 0 Å². The highest BCUT2D eigenvalue weighted by atomic mass is 16.5. The molecule has 3 heterocycles. The highest BCUT2D eigenvalue weighted by Crippen LogP contribution is 2.41. The van der Waals surface area contributed by atoms with Gasteiger partial charge >= 0.3 is 0 Å². The first kappa shape index (κ1) is 14.7. The molecule has 116 valence electrons. The number of Topliss-reactive ketones (excluding diaryl/α,β-unsaturated/α-hetero) is 1. The molecule has 0 N–H and O–H groups in total. The molecule has 2 fully saturated rings. The van der Waals surface area contributed by atoms with E-state index < -0.39 is 0 Å². The SMILES string of the molecule is CN1C2CCC1CC(c1noc(CC(=O)C(C)(C)C)n1)C2. The number of rotatable bonds is 3. The van der Waals surface area contributed by atoms with Crippen LogP contribution in [-0.2, 0) is 11.2 Å². The molecular weight excluding hydrogens is 266 g/mol. The van der Waals surface area contributed by atoms with Gasteiger partial charge in [0.25, 0.3) is 0 Å². The maximum absolute atomic E-state index is 12.0. The average Bonchev–Trinajstić information content (AvgIpc) is 2.91. The molecule has 1 aromatic rings. The van der Waals surface area contributed by atoms with Crippen LogP contribution in [0.2, 0.25) is 0 Å². The Bertz CT molecular complexity index is 518. The van der Waals surface area contributed by atoms with E-state index in [1.165, 1.54) is 12.8 Å². The van der Waals surface area contributed by atoms with E-state index in [-0.39, 0.29) is 17.6 Å². The lowest BCUT2D eigenvalue weighted by atomic mass is 9.89. The second-order valence-electron chi connectivity index (χ2n) is 7.62. The molecule has 3 rings (SSSR count). The summed E-state index contributed by atoms with van der Waals surface area (Å²) in [6, 6.07) is 1.32. The zero-order valence-electron chi connectivity index (χ0n) is 13.4. The highest BCUT2D eigenvalue weighted by molar-refractivity contribution is 5.84. The van der Waals surface area contributed by atoms with E-state index in [9.17, 15) is 4.79 Å². The number of carbonyl (C=O) groups is 1. The van der Waals surface area contributed by atoms with Crippen LogP contribution in [0.5, 0.6) is 0 Å². The van der Waals surface area contributed by atoms with E-state index in [1.807, 2.05) is 20.8 Å². The molecule has 2 saturated heterocycles. The molecule has 1 aromatic heterocycles. The van der Waals surface area contributed by atoms with Gasteiger partial charge in [-0.05, 0) is 32.7 Å². The number of piperidine rings is 1. The topological polar surface area (TPSA) is 59.2 Å². The Kier molecular flexibility index (Phi) is 3.64. The molecule has 2 atom stereocenters. The van der Waals surface area contributed by atoms with E-state index in [2.05, 4.69) is 22.1 Å². The molecule has 0 saturated carbocycles. The number of ketones is 1. The maximum atomic E-state index is 12.0. The Morgan fingerprint density at radius 3 is 2.48 bits per heavy atom. The van der Waals surface area contributed by atoms with Gasteiger partial charge in [0.2, 0.25) is 5.89 Å². The molecule has 5 heteroatoms. The molecule has 0 spiro atoms. The van der Waals surface area contributed by atoms with Crippen LogP contribution < -0.4 is 0 Å². The van der Waals surface area contributed by atoms with Crippen molar-refractivity contribution >= 4 is 5.78 Å². The molecular formula is C16H25N3O2. The highest BCUT2D eigenvalue weighted by Gasteiger charge is 2.40. The summed E-state index contributed by atoms with van der Waals surface area (Å²) in [5.41, 5.74) is -0.360. The van der Waals surface area contributed by atoms with E-state index in [1.54, 1.807) is 0 Å². The zero-order chi connectivity index (χ0) is 15.2. The molecule has 21 heavy (non-hydrogen) atoms. The second-order valence-corrected chi connectivity index (χ2v) is 7.62. The van der Waals surface area contributed by atoms with Gasteiger partial charge in [0.1, 0.15) is 5.78 Å². The summed E-state index contributed by atoms with van der Waals surface area (Å²) in [7, 11) is 2.22. The third kappa shape index (κ3) is 2.89. The van der Waals surface area contributed by atoms with Crippen LogP contribution in [0.4, 0.5) is 0 Å². The first-order chi connectivity index (χ1) is 9.84. The summed E-state index contributed by atoms with van der Waals surface area (Å²) in [5, 5.41) is 4.14. The molecule has 2 aliphatic heterocycles. The second kappa shape index (κ2) is 5.20. The van der Waals surface area contributed by atoms with Crippen molar-refractivity contribution in [1.82, 2.24) is 15.0 Å². The van der Waals surface area contributed by atoms with Gasteiger partial charge in [-0.2, -0.15) is 4.98 Å². The van der Waals surface area contributed by atoms with Gasteiger partial charge in [0.15, 0.2) is 5.82 Å². The van der Waals surface area contributed by atoms with Gasteiger partial charge in [-0.1, -0.05) is 25.9 Å². The minimum absolute atomic E-state index is 0.140. The van der Waals surface area contributed by atoms with Crippen LogP contribution in [-0.4, -0.2) is 40.0 Å². The van der Waals surface area contributed by atoms with Crippen LogP contribution in [0.1, 0.15) is 64.1 Å². The zero-order valence-corrected chi connectivity index (χ0v) is 13.4. The van der Waals surface area contributed by atoms with Crippen LogP contribution in [0.3, 0.4) is 0 Å². The summed E-state index contributed by atoms with van der Waals surface area (Å²) in [6.07, 6.45) is 5.03. The lowest BCUT2D eigenvalue weighted by Crippen LogP contribution is -2.39. The summed E-state index contributed by atoms with van der Waals surface area (Å²) >= 11 is 0. The predicted octanol–water partition coefficient (Wildman–Crippen LogP) is 2.57. The van der Waals surface area contributed by atoms with Crippen molar-refractivity contribution in [2.24, 2.45) is 5.41 Å². The van der Waals surface area contributed by atoms with Crippen molar-refractivity contribution in [3.05, 3.63) is 11.7 Å². The quantitative estimate of drug-likeness (QED) is 0.856. The van der Waals surface area contributed by atoms with Gasteiger partial charge in [-0.15, -0.1) is 0 Å². The number of fused-ring (bicyclic) bond motifs is 2. The third-order valence-electron chi connectivity index (χ3n) is 5.10. The van der Waals surface area contributed by atoms with Crippen LogP contribution in [0, 0.1) is 5.41 Å². The van der Waals surface area contributed by atoms with Gasteiger partial charge in [-0.25, -0.2) is 0 Å². The van der Waals surface area contributed by atoms with Crippen molar-refractivity contribution in [2.45, 2.75) is 70.9 Å². The molecule has 0 radical (unpaired) electrons. The van der Waals surface area contributed by atoms with E-state index in [4.69, 9.17) is 4.52 Å². The first-order valence-corrected chi connectivity index (χ1v) is 7.92. The Labute approximate surface area is 126 Å². The third-order valence-corrected chi connectivity index (χ3v) is 5.10. The van der Waals surface area contributed by atoms with E-state index >= 15 is 0 Å². The molecule has 0 aliphatic carbocycles. The van der Waals surface area contributed by atoms with Crippen molar-refractivity contribution in [2.75, 3.05) is 7.05 Å². The Hall–Kier alpha value is -1.23. The largest absolute Gasteiger partial charge is 0.339 e. The Morgan fingerprint density at radius 2 is 1.90 bits per heavy atom. The molecule has 2 unspecified atom stereocenters. The average molecular weight is 291 g/mol. The number of hydrogen-bond donors (Lipinski definition) is 0. The van der Waals surface area contributed by atoms with Crippen molar-refractivity contribution in [1.29, 1.82) is 0 Å². The molecule has 2 bridgehead atoms. The maximum Gasteiger partial charge on any atom is 0.234 e. The molecule has 5 nitrogen and oxygen atoms in total. The first-order valence-electron chi connectivity index (χ1n) is 7.92. The molecule has 0 aromatic carbocycles. The van der Waals surface area contributed by atoms with Gasteiger partial charge in [-0.3, -0.25) is 4.79 Å². The summed E-state index contributed by atoms with van der Waals surface area (Å²) in [4.78, 5) is 19.0. The number of aromatic nitrogens is 2. The lowest BCUT2D eigenvalue weighted by Gasteiger charge is -2.34. The summed E-state index contributed by atoms with van der Waals surface area (Å²) in [5.74, 6) is 1.80. The summed E-state index contributed by atoms with van der Waals surface area (Å²) < 4.78 is 5.31. The molecule has 2 aliphatic rings. The minimum Gasteiger partial charge on any atom is -0.339 e. The predicted molar refractivity (Wildman–Crippen MR) is 79.0 cm³/mol. The molecule has 0 amide bonds. The Morgan fingerprint density at radius 1 is 1.29 bits per heavy atom. The van der Waals surface area contributed by atoms with Crippen LogP contribution >= 0.6 is 0 Å². The standard InChI is InChI=1S/C16H25N3O2/c1-16(2,3)13(20)9-14-17-15(18-21-14)10-7-11-5-6-12(8-10)19(11)4/h10-12H,5-9H2,1-4H3. The fourth-order valence-corrected chi connectivity index (χ4v) is 3.53. The van der Waals surface area contributed by atoms with E-state index in [0.29, 0.717) is 23.9 Å². The van der Waals surface area contributed by atoms with Gasteiger partial charge < -0.3 is 9.42 Å². The van der Waals surface area contributed by atoms with Gasteiger partial charge in [0, 0.05) is 23.4 Å². The van der Waals surface area contributed by atoms with Crippen molar-refractivity contribution < 1.29 is 9.32 Å². The Balaban J connectivity index is 1.67. The normalized spacial score (nSPS) is 29.8. The summed E-state index contributed by atoms with van der Waals surface area (Å²) in [6.45, 7) is 5.75. The smallest absolute Gasteiger partial charge is 0.234 e. The van der Waals surface area contributed by atoms with Crippen LogP contribution in [0.25, 0.3) is 0 Å². The number of carbonyl (C=O) groups excluding carboxylic acids is 1. The fourth-order valence-electron chi connectivity index (χ4n) is 3.53. The van der Waals surface area contributed by atoms with E-state index in [0.717, 1.165) is 18.7 Å². The monoisotopic (exact) mass is 291 g/mol. The van der Waals surface area contributed by atoms with Crippen LogP contribution in [0.15, 0.2) is 4.52 Å². The fraction of sp³-hybridized carbons (Fsp3) is 0.812.